The zero-order valence-corrected chi connectivity index (χ0v) is 17.1. The molecule has 3 aromatic carbocycles. The van der Waals surface area contributed by atoms with E-state index in [9.17, 15) is 0 Å². The largest absolute Gasteiger partial charge is 0.271 e. The van der Waals surface area contributed by atoms with Crippen LogP contribution in [0.2, 0.25) is 10.0 Å². The summed E-state index contributed by atoms with van der Waals surface area (Å²) in [6.45, 7) is 2.60. The predicted molar refractivity (Wildman–Crippen MR) is 117 cm³/mol. The first-order chi connectivity index (χ1) is 13.6. The molecular weight excluding hydrogens is 389 g/mol. The van der Waals surface area contributed by atoms with E-state index in [1.165, 1.54) is 22.3 Å². The molecule has 4 rings (SSSR count). The molecule has 0 radical (unpaired) electrons. The lowest BCUT2D eigenvalue weighted by atomic mass is 9.97. The Morgan fingerprint density at radius 2 is 1.75 bits per heavy atom. The van der Waals surface area contributed by atoms with Crippen LogP contribution in [0.5, 0.6) is 0 Å². The topological polar surface area (TPSA) is 21.3 Å². The zero-order chi connectivity index (χ0) is 19.5. The highest BCUT2D eigenvalue weighted by Gasteiger charge is 2.21. The van der Waals surface area contributed by atoms with Crippen molar-refractivity contribution in [3.63, 3.8) is 0 Å². The van der Waals surface area contributed by atoms with E-state index in [2.05, 4.69) is 54.9 Å². The maximum Gasteiger partial charge on any atom is 0.0999 e. The highest BCUT2D eigenvalue weighted by atomic mass is 35.5. The van der Waals surface area contributed by atoms with E-state index < -0.39 is 0 Å². The van der Waals surface area contributed by atoms with Crippen molar-refractivity contribution in [2.24, 2.45) is 0 Å². The Balaban J connectivity index is 1.50. The molecule has 142 valence electrons. The van der Waals surface area contributed by atoms with Gasteiger partial charge in [0.25, 0.3) is 0 Å². The van der Waals surface area contributed by atoms with Gasteiger partial charge in [0.15, 0.2) is 0 Å². The number of hydrogen-bond donors (Lipinski definition) is 1. The quantitative estimate of drug-likeness (QED) is 0.434. The van der Waals surface area contributed by atoms with Crippen molar-refractivity contribution in [3.8, 4) is 11.1 Å². The molecule has 3 aromatic rings. The van der Waals surface area contributed by atoms with E-state index in [4.69, 9.17) is 28.0 Å². The maximum atomic E-state index is 6.39. The summed E-state index contributed by atoms with van der Waals surface area (Å²) in [5, 5.41) is 1.25. The number of benzene rings is 3. The van der Waals surface area contributed by atoms with Gasteiger partial charge in [-0.15, -0.1) is 0 Å². The molecule has 28 heavy (non-hydrogen) atoms. The standard InChI is InChI=1S/C24H21Cl2NO/c1-16-19(8-5-9-21(16)17-6-3-2-4-7-17)15-28-27-24(18-10-11-18)22-13-12-20(25)14-23(22)26/h2-9,12-14,27H,10-11,15H2,1H3. The minimum Gasteiger partial charge on any atom is -0.271 e. The van der Waals surface area contributed by atoms with Crippen LogP contribution in [0, 0.1) is 6.92 Å². The molecule has 0 atom stereocenters. The third-order valence-corrected chi connectivity index (χ3v) is 5.53. The number of nitrogens with one attached hydrogen (secondary N) is 1. The van der Waals surface area contributed by atoms with E-state index in [1.807, 2.05) is 18.2 Å². The molecule has 1 saturated carbocycles. The normalized spacial score (nSPS) is 12.8. The average molecular weight is 410 g/mol. The van der Waals surface area contributed by atoms with Crippen LogP contribution in [-0.2, 0) is 11.4 Å². The van der Waals surface area contributed by atoms with Gasteiger partial charge in [-0.3, -0.25) is 10.3 Å². The van der Waals surface area contributed by atoms with E-state index in [1.54, 1.807) is 6.07 Å². The summed E-state index contributed by atoms with van der Waals surface area (Å²) in [5.74, 6) is 0. The van der Waals surface area contributed by atoms with Crippen molar-refractivity contribution in [2.45, 2.75) is 26.4 Å². The second-order valence-corrected chi connectivity index (χ2v) is 7.79. The maximum absolute atomic E-state index is 6.39. The van der Waals surface area contributed by atoms with Gasteiger partial charge in [-0.2, -0.15) is 0 Å². The van der Waals surface area contributed by atoms with Crippen molar-refractivity contribution in [2.75, 3.05) is 0 Å². The smallest absolute Gasteiger partial charge is 0.0999 e. The molecule has 2 nitrogen and oxygen atoms in total. The highest BCUT2D eigenvalue weighted by molar-refractivity contribution is 6.35. The SMILES string of the molecule is Cc1c(CONC(=C2CC2)c2ccc(Cl)cc2Cl)cccc1-c1ccccc1. The van der Waals surface area contributed by atoms with Gasteiger partial charge in [0.05, 0.1) is 17.3 Å². The Hall–Kier alpha value is -2.26. The van der Waals surface area contributed by atoms with Gasteiger partial charge in [0.2, 0.25) is 0 Å². The van der Waals surface area contributed by atoms with Crippen LogP contribution in [-0.4, -0.2) is 0 Å². The molecule has 0 aliphatic heterocycles. The van der Waals surface area contributed by atoms with Crippen LogP contribution >= 0.6 is 23.2 Å². The fraction of sp³-hybridized carbons (Fsp3) is 0.167. The lowest BCUT2D eigenvalue weighted by Gasteiger charge is -2.15. The third kappa shape index (κ3) is 4.25. The van der Waals surface area contributed by atoms with Crippen LogP contribution in [0.25, 0.3) is 16.8 Å². The monoisotopic (exact) mass is 409 g/mol. The molecule has 0 aromatic heterocycles. The third-order valence-electron chi connectivity index (χ3n) is 4.99. The highest BCUT2D eigenvalue weighted by Crippen LogP contribution is 2.38. The summed E-state index contributed by atoms with van der Waals surface area (Å²) < 4.78 is 0. The molecule has 0 saturated heterocycles. The zero-order valence-electron chi connectivity index (χ0n) is 15.6. The minimum atomic E-state index is 0.467. The van der Waals surface area contributed by atoms with Gasteiger partial charge in [-0.25, -0.2) is 0 Å². The molecule has 0 spiro atoms. The van der Waals surface area contributed by atoms with E-state index in [0.29, 0.717) is 16.7 Å². The van der Waals surface area contributed by atoms with Crippen molar-refractivity contribution in [1.29, 1.82) is 0 Å². The van der Waals surface area contributed by atoms with Gasteiger partial charge in [0.1, 0.15) is 0 Å². The summed E-state index contributed by atoms with van der Waals surface area (Å²) in [6.07, 6.45) is 2.13. The van der Waals surface area contributed by atoms with Gasteiger partial charge >= 0.3 is 0 Å². The first kappa shape index (κ1) is 19.1. The molecule has 0 unspecified atom stereocenters. The number of hydrogen-bond acceptors (Lipinski definition) is 2. The predicted octanol–water partition coefficient (Wildman–Crippen LogP) is 7.20. The molecule has 1 aliphatic rings. The van der Waals surface area contributed by atoms with Crippen LogP contribution in [0.1, 0.15) is 29.5 Å². The van der Waals surface area contributed by atoms with E-state index >= 15 is 0 Å². The van der Waals surface area contributed by atoms with Gasteiger partial charge < -0.3 is 0 Å². The van der Waals surface area contributed by atoms with Crippen molar-refractivity contribution in [1.82, 2.24) is 5.48 Å². The Morgan fingerprint density at radius 3 is 2.46 bits per heavy atom. The number of allylic oxidation sites excluding steroid dienone is 1. The van der Waals surface area contributed by atoms with Crippen LogP contribution in [0.4, 0.5) is 0 Å². The average Bonchev–Trinajstić information content (AvgIpc) is 3.53. The molecule has 1 aliphatic carbocycles. The second-order valence-electron chi connectivity index (χ2n) is 6.95. The Bertz CT molecular complexity index is 1020. The van der Waals surface area contributed by atoms with Crippen LogP contribution in [0.3, 0.4) is 0 Å². The minimum absolute atomic E-state index is 0.467. The molecule has 0 amide bonds. The van der Waals surface area contributed by atoms with E-state index in [0.717, 1.165) is 29.7 Å². The lowest BCUT2D eigenvalue weighted by molar-refractivity contribution is 0.0641. The number of rotatable bonds is 6. The summed E-state index contributed by atoms with van der Waals surface area (Å²) in [5.41, 5.74) is 11.2. The summed E-state index contributed by atoms with van der Waals surface area (Å²) in [4.78, 5) is 5.90. The second kappa shape index (κ2) is 8.40. The first-order valence-electron chi connectivity index (χ1n) is 9.32. The summed E-state index contributed by atoms with van der Waals surface area (Å²) in [7, 11) is 0. The van der Waals surface area contributed by atoms with Crippen molar-refractivity contribution < 1.29 is 4.84 Å². The van der Waals surface area contributed by atoms with Gasteiger partial charge in [-0.1, -0.05) is 71.7 Å². The molecular formula is C24H21Cl2NO. The molecule has 0 heterocycles. The summed E-state index contributed by atoms with van der Waals surface area (Å²) >= 11 is 12.4. The Morgan fingerprint density at radius 1 is 0.964 bits per heavy atom. The van der Waals surface area contributed by atoms with E-state index in [-0.39, 0.29) is 0 Å². The fourth-order valence-corrected chi connectivity index (χ4v) is 3.78. The van der Waals surface area contributed by atoms with Crippen LogP contribution in [0.15, 0.2) is 72.3 Å². The molecule has 1 fully saturated rings. The molecule has 1 N–H and O–H groups in total. The van der Waals surface area contributed by atoms with Gasteiger partial charge in [-0.05, 0) is 65.8 Å². The van der Waals surface area contributed by atoms with Gasteiger partial charge in [0, 0.05) is 10.6 Å². The lowest BCUT2D eigenvalue weighted by Crippen LogP contribution is -2.14. The molecule has 0 bridgehead atoms. The summed E-state index contributed by atoms with van der Waals surface area (Å²) in [6, 6.07) is 22.3. The Kier molecular flexibility index (Phi) is 5.72. The molecule has 4 heteroatoms. The Labute approximate surface area is 175 Å². The van der Waals surface area contributed by atoms with Crippen molar-refractivity contribution in [3.05, 3.63) is 99.0 Å². The van der Waals surface area contributed by atoms with Crippen molar-refractivity contribution >= 4 is 28.9 Å². The number of halogens is 2. The fourth-order valence-electron chi connectivity index (χ4n) is 3.28. The number of hydroxylamine groups is 1. The first-order valence-corrected chi connectivity index (χ1v) is 10.1. The van der Waals surface area contributed by atoms with Crippen LogP contribution < -0.4 is 5.48 Å².